The van der Waals surface area contributed by atoms with Crippen LogP contribution in [0.15, 0.2) is 90.6 Å². The van der Waals surface area contributed by atoms with Crippen LogP contribution in [0, 0.1) is 12.8 Å². The molecular weight excluding hydrogens is 637 g/mol. The Labute approximate surface area is 310 Å². The Balaban J connectivity index is 1.36. The summed E-state index contributed by atoms with van der Waals surface area (Å²) < 4.78 is 11.4. The van der Waals surface area contributed by atoms with E-state index in [-0.39, 0.29) is 10.8 Å². The number of unbranched alkanes of at least 4 members (excludes halogenated alkanes) is 1. The van der Waals surface area contributed by atoms with Crippen molar-refractivity contribution in [3.8, 4) is 23.0 Å². The molecule has 3 aromatic carbocycles. The predicted molar refractivity (Wildman–Crippen MR) is 218 cm³/mol. The Morgan fingerprint density at radius 3 is 2.33 bits per heavy atom. The molecular formula is C47H56N4O. The molecule has 0 saturated heterocycles. The second-order valence-corrected chi connectivity index (χ2v) is 17.2. The number of benzene rings is 3. The SMILES string of the molecule is CCCCc1ccnc(-n2c3ccccc3c3ccc(Oc4cc(-n5nc(C)c(C6C(C)=CCC[C@@H]6C)c5C(C)(C)C)cc(C(C)(C)C)c4)cc32)c1. The lowest BCUT2D eigenvalue weighted by atomic mass is 9.72. The largest absolute Gasteiger partial charge is 0.457 e. The highest BCUT2D eigenvalue weighted by Gasteiger charge is 2.35. The molecule has 2 atom stereocenters. The van der Waals surface area contributed by atoms with Gasteiger partial charge in [-0.15, -0.1) is 0 Å². The van der Waals surface area contributed by atoms with E-state index in [4.69, 9.17) is 14.8 Å². The first-order valence-corrected chi connectivity index (χ1v) is 19.3. The summed E-state index contributed by atoms with van der Waals surface area (Å²) in [6.45, 7) is 22.9. The summed E-state index contributed by atoms with van der Waals surface area (Å²) in [5.74, 6) is 3.48. The van der Waals surface area contributed by atoms with Crippen molar-refractivity contribution in [3.05, 3.63) is 119 Å². The van der Waals surface area contributed by atoms with E-state index in [1.807, 2.05) is 6.20 Å². The molecule has 3 heterocycles. The molecule has 0 N–H and O–H groups in total. The van der Waals surface area contributed by atoms with E-state index in [0.29, 0.717) is 11.8 Å². The Hall–Kier alpha value is -4.64. The Bertz CT molecular complexity index is 2290. The standard InChI is InChI=1S/C47H56N4O/c1-11-12-18-33-23-24-48-42(25-33)50-40-20-14-13-19-38(40)39-22-21-36(29-41(39)50)52-37-27-34(46(5,6)7)26-35(28-37)51-45(47(8,9)10)44(32(4)49-51)43-30(2)16-15-17-31(43)3/h13-14,16,19-29,31,43H,11-12,15,17-18H2,1-10H3/t31-,43?/m0/s1. The summed E-state index contributed by atoms with van der Waals surface area (Å²) in [5, 5.41) is 7.71. The van der Waals surface area contributed by atoms with E-state index in [9.17, 15) is 0 Å². The minimum Gasteiger partial charge on any atom is -0.457 e. The fourth-order valence-electron chi connectivity index (χ4n) is 8.36. The van der Waals surface area contributed by atoms with Crippen LogP contribution in [0.4, 0.5) is 0 Å². The molecule has 0 aliphatic heterocycles. The van der Waals surface area contributed by atoms with Gasteiger partial charge in [-0.2, -0.15) is 5.10 Å². The van der Waals surface area contributed by atoms with E-state index < -0.39 is 0 Å². The van der Waals surface area contributed by atoms with E-state index >= 15 is 0 Å². The number of pyridine rings is 1. The van der Waals surface area contributed by atoms with Crippen LogP contribution in [0.1, 0.15) is 122 Å². The topological polar surface area (TPSA) is 44.9 Å². The monoisotopic (exact) mass is 692 g/mol. The number of allylic oxidation sites excluding steroid dienone is 2. The summed E-state index contributed by atoms with van der Waals surface area (Å²) in [6.07, 6.45) is 10.1. The molecule has 1 aliphatic carbocycles. The lowest BCUT2D eigenvalue weighted by Crippen LogP contribution is -2.24. The maximum Gasteiger partial charge on any atom is 0.137 e. The maximum absolute atomic E-state index is 6.88. The number of hydrogen-bond donors (Lipinski definition) is 0. The Kier molecular flexibility index (Phi) is 9.44. The summed E-state index contributed by atoms with van der Waals surface area (Å²) >= 11 is 0. The van der Waals surface area contributed by atoms with E-state index in [1.54, 1.807) is 0 Å². The fourth-order valence-corrected chi connectivity index (χ4v) is 8.36. The third-order valence-corrected chi connectivity index (χ3v) is 11.0. The molecule has 0 amide bonds. The average Bonchev–Trinajstić information content (AvgIpc) is 3.61. The first-order valence-electron chi connectivity index (χ1n) is 19.3. The number of para-hydroxylation sites is 1. The van der Waals surface area contributed by atoms with Gasteiger partial charge in [-0.1, -0.05) is 91.7 Å². The number of rotatable bonds is 8. The third-order valence-electron chi connectivity index (χ3n) is 11.0. The number of hydrogen-bond acceptors (Lipinski definition) is 3. The summed E-state index contributed by atoms with van der Waals surface area (Å²) in [6, 6.07) is 26.2. The van der Waals surface area contributed by atoms with Crippen LogP contribution in [0.2, 0.25) is 0 Å². The van der Waals surface area contributed by atoms with Gasteiger partial charge < -0.3 is 4.74 Å². The molecule has 7 rings (SSSR count). The maximum atomic E-state index is 6.88. The van der Waals surface area contributed by atoms with E-state index in [1.165, 1.54) is 51.6 Å². The lowest BCUT2D eigenvalue weighted by Gasteiger charge is -2.32. The van der Waals surface area contributed by atoms with Crippen LogP contribution >= 0.6 is 0 Å². The Morgan fingerprint density at radius 1 is 0.827 bits per heavy atom. The number of aryl methyl sites for hydroxylation is 2. The lowest BCUT2D eigenvalue weighted by molar-refractivity contribution is 0.437. The van der Waals surface area contributed by atoms with Gasteiger partial charge in [-0.05, 0) is 104 Å². The van der Waals surface area contributed by atoms with Gasteiger partial charge >= 0.3 is 0 Å². The second-order valence-electron chi connectivity index (χ2n) is 17.2. The van der Waals surface area contributed by atoms with Crippen molar-refractivity contribution in [1.82, 2.24) is 19.3 Å². The zero-order valence-electron chi connectivity index (χ0n) is 33.0. The van der Waals surface area contributed by atoms with Crippen molar-refractivity contribution in [2.75, 3.05) is 0 Å². The van der Waals surface area contributed by atoms with Gasteiger partial charge in [0.1, 0.15) is 17.3 Å². The number of fused-ring (bicyclic) bond motifs is 3. The molecule has 270 valence electrons. The smallest absolute Gasteiger partial charge is 0.137 e. The zero-order chi connectivity index (χ0) is 36.9. The highest BCUT2D eigenvalue weighted by Crippen LogP contribution is 2.45. The highest BCUT2D eigenvalue weighted by molar-refractivity contribution is 6.09. The van der Waals surface area contributed by atoms with Crippen molar-refractivity contribution < 1.29 is 4.74 Å². The van der Waals surface area contributed by atoms with Crippen LogP contribution in [0.5, 0.6) is 11.5 Å². The molecule has 1 aliphatic rings. The highest BCUT2D eigenvalue weighted by atomic mass is 16.5. The first kappa shape index (κ1) is 35.7. The molecule has 6 aromatic rings. The van der Waals surface area contributed by atoms with Crippen molar-refractivity contribution in [3.63, 3.8) is 0 Å². The molecule has 1 unspecified atom stereocenters. The van der Waals surface area contributed by atoms with Gasteiger partial charge in [-0.25, -0.2) is 9.67 Å². The van der Waals surface area contributed by atoms with E-state index in [0.717, 1.165) is 59.0 Å². The fraction of sp³-hybridized carbons (Fsp3) is 0.404. The predicted octanol–water partition coefficient (Wildman–Crippen LogP) is 12.9. The van der Waals surface area contributed by atoms with Crippen LogP contribution < -0.4 is 4.74 Å². The third kappa shape index (κ3) is 6.71. The van der Waals surface area contributed by atoms with Gasteiger partial charge in [0.15, 0.2) is 0 Å². The average molecular weight is 693 g/mol. The summed E-state index contributed by atoms with van der Waals surface area (Å²) in [5.41, 5.74) is 10.8. The minimum absolute atomic E-state index is 0.0942. The number of aromatic nitrogens is 4. The van der Waals surface area contributed by atoms with E-state index in [2.05, 4.69) is 157 Å². The van der Waals surface area contributed by atoms with Crippen molar-refractivity contribution >= 4 is 21.8 Å². The second kappa shape index (κ2) is 13.7. The summed E-state index contributed by atoms with van der Waals surface area (Å²) in [4.78, 5) is 4.88. The zero-order valence-corrected chi connectivity index (χ0v) is 33.0. The molecule has 0 spiro atoms. The van der Waals surface area contributed by atoms with Crippen LogP contribution in [-0.2, 0) is 17.3 Å². The molecule has 52 heavy (non-hydrogen) atoms. The quantitative estimate of drug-likeness (QED) is 0.149. The Morgan fingerprint density at radius 2 is 1.60 bits per heavy atom. The minimum atomic E-state index is -0.118. The van der Waals surface area contributed by atoms with Crippen molar-refractivity contribution in [1.29, 1.82) is 0 Å². The normalized spacial score (nSPS) is 16.8. The van der Waals surface area contributed by atoms with Gasteiger partial charge in [0.25, 0.3) is 0 Å². The van der Waals surface area contributed by atoms with Crippen molar-refractivity contribution in [2.24, 2.45) is 5.92 Å². The van der Waals surface area contributed by atoms with Crippen LogP contribution in [-0.4, -0.2) is 19.3 Å². The molecule has 0 radical (unpaired) electrons. The first-order chi connectivity index (χ1) is 24.7. The van der Waals surface area contributed by atoms with Gasteiger partial charge in [-0.3, -0.25) is 4.57 Å². The van der Waals surface area contributed by atoms with Crippen molar-refractivity contribution in [2.45, 2.75) is 118 Å². The molecule has 5 heteroatoms. The summed E-state index contributed by atoms with van der Waals surface area (Å²) in [7, 11) is 0. The molecule has 0 bridgehead atoms. The number of ether oxygens (including phenoxy) is 1. The van der Waals surface area contributed by atoms with Crippen LogP contribution in [0.25, 0.3) is 33.3 Å². The number of nitrogens with zero attached hydrogens (tertiary/aromatic N) is 4. The van der Waals surface area contributed by atoms with Crippen LogP contribution in [0.3, 0.4) is 0 Å². The molecule has 5 nitrogen and oxygen atoms in total. The van der Waals surface area contributed by atoms with Gasteiger partial charge in [0.2, 0.25) is 0 Å². The molecule has 0 fully saturated rings. The van der Waals surface area contributed by atoms with Gasteiger partial charge in [0, 0.05) is 46.0 Å². The molecule has 3 aromatic heterocycles. The van der Waals surface area contributed by atoms with Gasteiger partial charge in [0.05, 0.1) is 28.1 Å². The molecule has 0 saturated carbocycles.